The molecule has 0 saturated heterocycles. The molecule has 1 aromatic carbocycles. The molecule has 2 aromatic rings. The third-order valence-corrected chi connectivity index (χ3v) is 3.41. The van der Waals surface area contributed by atoms with Crippen LogP contribution < -0.4 is 10.1 Å². The number of H-pyrrole nitrogens is 1. The number of hydrogen-bond donors (Lipinski definition) is 2. The zero-order chi connectivity index (χ0) is 13.9. The third-order valence-electron chi connectivity index (χ3n) is 3.41. The zero-order valence-electron chi connectivity index (χ0n) is 11.2. The average Bonchev–Trinajstić information content (AvgIpc) is 3.08. The number of benzene rings is 1. The Morgan fingerprint density at radius 1 is 1.40 bits per heavy atom. The van der Waals surface area contributed by atoms with Gasteiger partial charge in [0, 0.05) is 0 Å². The molecule has 1 amide bonds. The highest BCUT2D eigenvalue weighted by atomic mass is 16.5. The van der Waals surface area contributed by atoms with Gasteiger partial charge < -0.3 is 4.74 Å². The lowest BCUT2D eigenvalue weighted by Crippen LogP contribution is -2.30. The van der Waals surface area contributed by atoms with E-state index in [1.54, 1.807) is 6.92 Å². The fraction of sp³-hybridized carbons (Fsp3) is 0.357. The van der Waals surface area contributed by atoms with E-state index in [9.17, 15) is 4.79 Å². The second kappa shape index (κ2) is 5.32. The predicted octanol–water partition coefficient (Wildman–Crippen LogP) is 1.70. The molecule has 0 bridgehead atoms. The minimum Gasteiger partial charge on any atom is -0.481 e. The second-order valence-corrected chi connectivity index (χ2v) is 4.87. The Labute approximate surface area is 116 Å². The van der Waals surface area contributed by atoms with Crippen molar-refractivity contribution in [2.75, 3.05) is 5.32 Å². The summed E-state index contributed by atoms with van der Waals surface area (Å²) >= 11 is 0. The monoisotopic (exact) mass is 272 g/mol. The normalized spacial score (nSPS) is 14.7. The quantitative estimate of drug-likeness (QED) is 0.887. The SMILES string of the molecule is C[C@@H](Oc1ccc2c(c1)CCC2)C(=O)Nc1ncn[nH]1. The zero-order valence-corrected chi connectivity index (χ0v) is 11.2. The number of aromatic amines is 1. The first-order valence-corrected chi connectivity index (χ1v) is 6.67. The van der Waals surface area contributed by atoms with E-state index in [0.29, 0.717) is 5.95 Å². The molecule has 0 radical (unpaired) electrons. The Bertz CT molecular complexity index is 610. The van der Waals surface area contributed by atoms with Crippen LogP contribution in [0.25, 0.3) is 0 Å². The van der Waals surface area contributed by atoms with Crippen LogP contribution in [0, 0.1) is 0 Å². The molecule has 1 atom stereocenters. The summed E-state index contributed by atoms with van der Waals surface area (Å²) in [6, 6.07) is 6.03. The van der Waals surface area contributed by atoms with E-state index in [1.807, 2.05) is 12.1 Å². The Morgan fingerprint density at radius 3 is 3.05 bits per heavy atom. The molecule has 2 N–H and O–H groups in total. The molecule has 1 aliphatic rings. The Balaban J connectivity index is 1.63. The van der Waals surface area contributed by atoms with E-state index in [0.717, 1.165) is 18.6 Å². The van der Waals surface area contributed by atoms with Crippen LogP contribution >= 0.6 is 0 Å². The van der Waals surface area contributed by atoms with Crippen molar-refractivity contribution >= 4 is 11.9 Å². The molecule has 104 valence electrons. The van der Waals surface area contributed by atoms with Crippen LogP contribution in [-0.2, 0) is 17.6 Å². The molecular weight excluding hydrogens is 256 g/mol. The lowest BCUT2D eigenvalue weighted by Gasteiger charge is -2.14. The highest BCUT2D eigenvalue weighted by molar-refractivity contribution is 5.92. The minimum atomic E-state index is -0.598. The Morgan fingerprint density at radius 2 is 2.25 bits per heavy atom. The molecule has 6 heteroatoms. The largest absolute Gasteiger partial charge is 0.481 e. The number of ether oxygens (including phenoxy) is 1. The van der Waals surface area contributed by atoms with Crippen LogP contribution in [0.4, 0.5) is 5.95 Å². The van der Waals surface area contributed by atoms with Crippen molar-refractivity contribution in [1.82, 2.24) is 15.2 Å². The lowest BCUT2D eigenvalue weighted by atomic mass is 10.1. The average molecular weight is 272 g/mol. The van der Waals surface area contributed by atoms with Crippen molar-refractivity contribution < 1.29 is 9.53 Å². The maximum atomic E-state index is 11.9. The molecule has 1 aliphatic carbocycles. The first-order valence-electron chi connectivity index (χ1n) is 6.67. The fourth-order valence-electron chi connectivity index (χ4n) is 2.36. The van der Waals surface area contributed by atoms with E-state index in [4.69, 9.17) is 4.74 Å². The molecule has 3 rings (SSSR count). The fourth-order valence-corrected chi connectivity index (χ4v) is 2.36. The Kier molecular flexibility index (Phi) is 3.37. The van der Waals surface area contributed by atoms with Gasteiger partial charge in [-0.3, -0.25) is 10.1 Å². The van der Waals surface area contributed by atoms with Gasteiger partial charge in [-0.25, -0.2) is 5.10 Å². The van der Waals surface area contributed by atoms with Crippen molar-refractivity contribution in [2.24, 2.45) is 0 Å². The number of amides is 1. The van der Waals surface area contributed by atoms with Crippen LogP contribution in [0.1, 0.15) is 24.5 Å². The van der Waals surface area contributed by atoms with E-state index in [1.165, 1.54) is 23.9 Å². The maximum Gasteiger partial charge on any atom is 0.267 e. The summed E-state index contributed by atoms with van der Waals surface area (Å²) in [6.45, 7) is 1.71. The number of carbonyl (C=O) groups excluding carboxylic acids is 1. The second-order valence-electron chi connectivity index (χ2n) is 4.87. The van der Waals surface area contributed by atoms with E-state index >= 15 is 0 Å². The van der Waals surface area contributed by atoms with Crippen LogP contribution in [0.15, 0.2) is 24.5 Å². The van der Waals surface area contributed by atoms with Crippen LogP contribution in [0.5, 0.6) is 5.75 Å². The van der Waals surface area contributed by atoms with Crippen LogP contribution in [0.3, 0.4) is 0 Å². The first kappa shape index (κ1) is 12.7. The van der Waals surface area contributed by atoms with Crippen LogP contribution in [-0.4, -0.2) is 27.2 Å². The number of rotatable bonds is 4. The summed E-state index contributed by atoms with van der Waals surface area (Å²) in [5.41, 5.74) is 2.71. The summed E-state index contributed by atoms with van der Waals surface area (Å²) < 4.78 is 5.68. The van der Waals surface area contributed by atoms with Gasteiger partial charge in [-0.1, -0.05) is 6.07 Å². The van der Waals surface area contributed by atoms with Gasteiger partial charge in [0.1, 0.15) is 12.1 Å². The number of nitrogens with zero attached hydrogens (tertiary/aromatic N) is 2. The standard InChI is InChI=1S/C14H16N4O2/c1-9(13(19)17-14-15-8-16-18-14)20-12-6-5-10-3-2-4-11(10)7-12/h5-9H,2-4H2,1H3,(H2,15,16,17,18,19)/t9-/m1/s1. The van der Waals surface area contributed by atoms with Gasteiger partial charge >= 0.3 is 0 Å². The van der Waals surface area contributed by atoms with E-state index in [2.05, 4.69) is 26.6 Å². The van der Waals surface area contributed by atoms with E-state index < -0.39 is 6.10 Å². The number of aromatic nitrogens is 3. The van der Waals surface area contributed by atoms with Gasteiger partial charge in [0.15, 0.2) is 6.10 Å². The number of fused-ring (bicyclic) bond motifs is 1. The smallest absolute Gasteiger partial charge is 0.267 e. The number of anilines is 1. The van der Waals surface area contributed by atoms with Gasteiger partial charge in [-0.2, -0.15) is 10.1 Å². The highest BCUT2D eigenvalue weighted by Crippen LogP contribution is 2.26. The van der Waals surface area contributed by atoms with Gasteiger partial charge in [-0.05, 0) is 49.4 Å². The van der Waals surface area contributed by atoms with E-state index in [-0.39, 0.29) is 5.91 Å². The number of carbonyl (C=O) groups is 1. The topological polar surface area (TPSA) is 79.9 Å². The predicted molar refractivity (Wildman–Crippen MR) is 73.6 cm³/mol. The number of hydrogen-bond acceptors (Lipinski definition) is 4. The molecule has 0 fully saturated rings. The highest BCUT2D eigenvalue weighted by Gasteiger charge is 2.17. The molecule has 20 heavy (non-hydrogen) atoms. The molecule has 1 heterocycles. The molecule has 0 spiro atoms. The minimum absolute atomic E-state index is 0.262. The molecule has 1 aromatic heterocycles. The maximum absolute atomic E-state index is 11.9. The molecule has 0 unspecified atom stereocenters. The van der Waals surface area contributed by atoms with Crippen molar-refractivity contribution in [2.45, 2.75) is 32.3 Å². The summed E-state index contributed by atoms with van der Waals surface area (Å²) in [4.78, 5) is 15.8. The first-order chi connectivity index (χ1) is 9.72. The van der Waals surface area contributed by atoms with Gasteiger partial charge in [0.25, 0.3) is 5.91 Å². The van der Waals surface area contributed by atoms with Gasteiger partial charge in [0.05, 0.1) is 0 Å². The van der Waals surface area contributed by atoms with Crippen LogP contribution in [0.2, 0.25) is 0 Å². The number of nitrogens with one attached hydrogen (secondary N) is 2. The molecule has 6 nitrogen and oxygen atoms in total. The van der Waals surface area contributed by atoms with Crippen molar-refractivity contribution in [3.63, 3.8) is 0 Å². The van der Waals surface area contributed by atoms with Gasteiger partial charge in [0.2, 0.25) is 5.95 Å². The van der Waals surface area contributed by atoms with Gasteiger partial charge in [-0.15, -0.1) is 0 Å². The molecule has 0 saturated carbocycles. The molecular formula is C14H16N4O2. The Hall–Kier alpha value is -2.37. The number of aryl methyl sites for hydroxylation is 2. The summed E-state index contributed by atoms with van der Waals surface area (Å²) in [7, 11) is 0. The summed E-state index contributed by atoms with van der Waals surface area (Å²) in [5, 5.41) is 8.84. The summed E-state index contributed by atoms with van der Waals surface area (Å²) in [6.07, 6.45) is 4.16. The third kappa shape index (κ3) is 2.64. The summed E-state index contributed by atoms with van der Waals surface area (Å²) in [5.74, 6) is 0.785. The van der Waals surface area contributed by atoms with Crippen molar-refractivity contribution in [1.29, 1.82) is 0 Å². The van der Waals surface area contributed by atoms with Crippen molar-refractivity contribution in [3.8, 4) is 5.75 Å². The van der Waals surface area contributed by atoms with Crippen molar-refractivity contribution in [3.05, 3.63) is 35.7 Å². The molecule has 0 aliphatic heterocycles. The lowest BCUT2D eigenvalue weighted by molar-refractivity contribution is -0.122.